The number of rotatable bonds is 8. The summed E-state index contributed by atoms with van der Waals surface area (Å²) in [5.74, 6) is -1.73. The van der Waals surface area contributed by atoms with Crippen molar-refractivity contribution in [3.63, 3.8) is 0 Å². The summed E-state index contributed by atoms with van der Waals surface area (Å²) in [6, 6.07) is 18.4. The molecular formula is C28H24BrN3O6S. The van der Waals surface area contributed by atoms with E-state index in [9.17, 15) is 22.8 Å². The molecule has 1 atom stereocenters. The molecule has 4 aromatic rings. The molecule has 1 saturated heterocycles. The number of hydrogen-bond acceptors (Lipinski definition) is 6. The summed E-state index contributed by atoms with van der Waals surface area (Å²) in [5, 5.41) is 0.958. The Morgan fingerprint density at radius 2 is 1.74 bits per heavy atom. The highest BCUT2D eigenvalue weighted by atomic mass is 79.9. The highest BCUT2D eigenvalue weighted by Gasteiger charge is 2.46. The molecule has 0 radical (unpaired) electrons. The number of aromatic nitrogens is 1. The van der Waals surface area contributed by atoms with E-state index in [1.807, 2.05) is 30.5 Å². The van der Waals surface area contributed by atoms with Crippen molar-refractivity contribution in [1.29, 1.82) is 0 Å². The molecule has 1 unspecified atom stereocenters. The summed E-state index contributed by atoms with van der Waals surface area (Å²) in [6.07, 6.45) is 1.85. The molecule has 1 N–H and O–H groups in total. The zero-order valence-corrected chi connectivity index (χ0v) is 23.2. The number of sulfonamides is 1. The molecule has 11 heteroatoms. The van der Waals surface area contributed by atoms with Gasteiger partial charge in [0.2, 0.25) is 15.9 Å². The fourth-order valence-corrected chi connectivity index (χ4v) is 6.58. The highest BCUT2D eigenvalue weighted by molar-refractivity contribution is 9.10. The monoisotopic (exact) mass is 609 g/mol. The molecule has 1 aromatic heterocycles. The number of anilines is 1. The van der Waals surface area contributed by atoms with Crippen molar-refractivity contribution in [1.82, 2.24) is 9.29 Å². The van der Waals surface area contributed by atoms with E-state index in [2.05, 4.69) is 20.9 Å². The number of imide groups is 1. The molecule has 2 heterocycles. The Morgan fingerprint density at radius 3 is 2.44 bits per heavy atom. The topological polar surface area (TPSA) is 117 Å². The van der Waals surface area contributed by atoms with Gasteiger partial charge in [-0.15, -0.1) is 0 Å². The van der Waals surface area contributed by atoms with Crippen LogP contribution in [-0.4, -0.2) is 55.2 Å². The van der Waals surface area contributed by atoms with Crippen LogP contribution in [0, 0.1) is 0 Å². The molecular weight excluding hydrogens is 586 g/mol. The van der Waals surface area contributed by atoms with Crippen LogP contribution in [-0.2, 0) is 30.8 Å². The lowest BCUT2D eigenvalue weighted by molar-refractivity contribution is -0.122. The normalized spacial score (nSPS) is 15.9. The number of ether oxygens (including phenoxy) is 1. The van der Waals surface area contributed by atoms with Gasteiger partial charge in [0.25, 0.3) is 5.91 Å². The van der Waals surface area contributed by atoms with Crippen LogP contribution in [0.25, 0.3) is 10.9 Å². The number of amides is 2. The van der Waals surface area contributed by atoms with E-state index in [-0.39, 0.29) is 29.1 Å². The minimum atomic E-state index is -4.15. The highest BCUT2D eigenvalue weighted by Crippen LogP contribution is 2.31. The number of H-pyrrole nitrogens is 1. The third kappa shape index (κ3) is 5.12. The Labute approximate surface area is 233 Å². The number of carbonyl (C=O) groups excluding carboxylic acids is 3. The number of nitrogens with zero attached hydrogens (tertiary/aromatic N) is 2. The van der Waals surface area contributed by atoms with Gasteiger partial charge in [-0.25, -0.2) is 18.1 Å². The summed E-state index contributed by atoms with van der Waals surface area (Å²) < 4.78 is 34.3. The smallest absolute Gasteiger partial charge is 0.337 e. The predicted octanol–water partition coefficient (Wildman–Crippen LogP) is 4.28. The van der Waals surface area contributed by atoms with Crippen molar-refractivity contribution in [2.45, 2.75) is 23.8 Å². The number of halogens is 1. The van der Waals surface area contributed by atoms with E-state index >= 15 is 0 Å². The van der Waals surface area contributed by atoms with E-state index in [4.69, 9.17) is 4.74 Å². The number of hydrogen-bond donors (Lipinski definition) is 1. The first-order valence-electron chi connectivity index (χ1n) is 12.1. The van der Waals surface area contributed by atoms with Crippen LogP contribution in [0.2, 0.25) is 0 Å². The Hall–Kier alpha value is -3.80. The van der Waals surface area contributed by atoms with Crippen LogP contribution >= 0.6 is 15.9 Å². The average Bonchev–Trinajstić information content (AvgIpc) is 3.48. The number of nitrogens with one attached hydrogen (secondary N) is 1. The van der Waals surface area contributed by atoms with Crippen molar-refractivity contribution < 1.29 is 27.5 Å². The number of aromatic amines is 1. The summed E-state index contributed by atoms with van der Waals surface area (Å²) in [6.45, 7) is -0.0148. The molecule has 200 valence electrons. The quantitative estimate of drug-likeness (QED) is 0.235. The molecule has 0 bridgehead atoms. The second-order valence-corrected chi connectivity index (χ2v) is 11.8. The molecule has 0 aliphatic carbocycles. The molecule has 2 amide bonds. The van der Waals surface area contributed by atoms with E-state index in [1.54, 1.807) is 12.1 Å². The second kappa shape index (κ2) is 10.8. The van der Waals surface area contributed by atoms with Gasteiger partial charge in [-0.05, 0) is 66.6 Å². The summed E-state index contributed by atoms with van der Waals surface area (Å²) in [7, 11) is -2.89. The van der Waals surface area contributed by atoms with Crippen LogP contribution in [0.5, 0.6) is 0 Å². The van der Waals surface area contributed by atoms with E-state index in [0.717, 1.165) is 25.7 Å². The Morgan fingerprint density at radius 1 is 1.05 bits per heavy atom. The zero-order chi connectivity index (χ0) is 27.7. The first-order valence-corrected chi connectivity index (χ1v) is 14.3. The van der Waals surface area contributed by atoms with Gasteiger partial charge in [-0.1, -0.05) is 34.1 Å². The molecule has 1 aliphatic rings. The third-order valence-electron chi connectivity index (χ3n) is 6.71. The summed E-state index contributed by atoms with van der Waals surface area (Å²) >= 11 is 3.32. The van der Waals surface area contributed by atoms with Gasteiger partial charge in [-0.2, -0.15) is 4.31 Å². The number of carbonyl (C=O) groups is 3. The van der Waals surface area contributed by atoms with Crippen LogP contribution < -0.4 is 4.90 Å². The third-order valence-corrected chi connectivity index (χ3v) is 9.16. The van der Waals surface area contributed by atoms with Crippen LogP contribution in [0.3, 0.4) is 0 Å². The van der Waals surface area contributed by atoms with E-state index in [1.165, 1.54) is 43.5 Å². The van der Waals surface area contributed by atoms with Gasteiger partial charge in [0.15, 0.2) is 0 Å². The zero-order valence-electron chi connectivity index (χ0n) is 20.8. The van der Waals surface area contributed by atoms with Gasteiger partial charge in [0.05, 0.1) is 29.7 Å². The lowest BCUT2D eigenvalue weighted by Gasteiger charge is -2.27. The molecule has 3 aromatic carbocycles. The molecule has 0 spiro atoms. The van der Waals surface area contributed by atoms with Gasteiger partial charge < -0.3 is 9.72 Å². The van der Waals surface area contributed by atoms with Gasteiger partial charge in [-0.3, -0.25) is 9.59 Å². The van der Waals surface area contributed by atoms with Gasteiger partial charge in [0, 0.05) is 28.1 Å². The molecule has 1 aliphatic heterocycles. The van der Waals surface area contributed by atoms with Crippen molar-refractivity contribution >= 4 is 60.3 Å². The summed E-state index contributed by atoms with van der Waals surface area (Å²) in [5.41, 5.74) is 2.32. The summed E-state index contributed by atoms with van der Waals surface area (Å²) in [4.78, 5) is 42.7. The fraction of sp³-hybridized carbons (Fsp3) is 0.179. The standard InChI is InChI=1S/C28H24BrN3O6S/c1-38-28(35)18-6-10-21(11-7-18)32-26(33)16-25(27(32)34)31(39(36,37)22-12-8-20(29)9-13-22)15-14-19-17-30-24-5-3-2-4-23(19)24/h2-13,17,25,30H,14-16H2,1H3. The van der Waals surface area contributed by atoms with Crippen molar-refractivity contribution in [3.05, 3.63) is 94.6 Å². The van der Waals surface area contributed by atoms with Crippen molar-refractivity contribution in [2.75, 3.05) is 18.6 Å². The lowest BCUT2D eigenvalue weighted by Crippen LogP contribution is -2.46. The number of esters is 1. The molecule has 5 rings (SSSR count). The van der Waals surface area contributed by atoms with Crippen LogP contribution in [0.15, 0.2) is 88.4 Å². The van der Waals surface area contributed by atoms with Crippen molar-refractivity contribution in [2.24, 2.45) is 0 Å². The Balaban J connectivity index is 1.48. The Bertz CT molecular complexity index is 1670. The average molecular weight is 610 g/mol. The van der Waals surface area contributed by atoms with Crippen LogP contribution in [0.1, 0.15) is 22.3 Å². The minimum absolute atomic E-state index is 0.0148. The SMILES string of the molecule is COC(=O)c1ccc(N2C(=O)CC(N(CCc3c[nH]c4ccccc34)S(=O)(=O)c3ccc(Br)cc3)C2=O)cc1. The first kappa shape index (κ1) is 26.8. The number of fused-ring (bicyclic) bond motifs is 1. The van der Waals surface area contributed by atoms with Gasteiger partial charge in [0.1, 0.15) is 6.04 Å². The molecule has 1 fully saturated rings. The molecule has 9 nitrogen and oxygen atoms in total. The molecule has 39 heavy (non-hydrogen) atoms. The van der Waals surface area contributed by atoms with E-state index in [0.29, 0.717) is 10.9 Å². The Kier molecular flexibility index (Phi) is 7.39. The maximum absolute atomic E-state index is 13.9. The number of para-hydroxylation sites is 1. The molecule has 0 saturated carbocycles. The van der Waals surface area contributed by atoms with E-state index < -0.39 is 33.8 Å². The van der Waals surface area contributed by atoms with Crippen molar-refractivity contribution in [3.8, 4) is 0 Å². The van der Waals surface area contributed by atoms with Gasteiger partial charge >= 0.3 is 5.97 Å². The predicted molar refractivity (Wildman–Crippen MR) is 149 cm³/mol. The van der Waals surface area contributed by atoms with Crippen LogP contribution in [0.4, 0.5) is 5.69 Å². The number of methoxy groups -OCH3 is 1. The first-order chi connectivity index (χ1) is 18.7. The second-order valence-electron chi connectivity index (χ2n) is 9.00. The fourth-order valence-electron chi connectivity index (χ4n) is 4.73. The lowest BCUT2D eigenvalue weighted by atomic mass is 10.1. The minimum Gasteiger partial charge on any atom is -0.465 e. The number of benzene rings is 3. The maximum Gasteiger partial charge on any atom is 0.337 e. The maximum atomic E-state index is 13.9. The largest absolute Gasteiger partial charge is 0.465 e.